The molecule has 0 aromatic rings. The molecule has 0 aromatic carbocycles. The molecule has 0 saturated carbocycles. The summed E-state index contributed by atoms with van der Waals surface area (Å²) < 4.78 is 6.79. The van der Waals surface area contributed by atoms with Crippen LogP contribution in [0.25, 0.3) is 0 Å². The number of ether oxygens (including phenoxy) is 1. The summed E-state index contributed by atoms with van der Waals surface area (Å²) in [5, 5.41) is 0. The molecule has 0 saturated heterocycles. The van der Waals surface area contributed by atoms with Crippen molar-refractivity contribution in [2.24, 2.45) is 0 Å². The molecule has 0 aliphatic rings. The van der Waals surface area contributed by atoms with Crippen molar-refractivity contribution in [1.29, 1.82) is 0 Å². The van der Waals surface area contributed by atoms with Crippen molar-refractivity contribution < 1.29 is 4.74 Å². The van der Waals surface area contributed by atoms with Crippen molar-refractivity contribution in [3.05, 3.63) is 24.3 Å². The van der Waals surface area contributed by atoms with Crippen LogP contribution in [0, 0.1) is 0 Å². The van der Waals surface area contributed by atoms with Crippen molar-refractivity contribution in [3.8, 4) is 0 Å². The van der Waals surface area contributed by atoms with Gasteiger partial charge >= 0.3 is 0 Å². The maximum absolute atomic E-state index is 6.79. The summed E-state index contributed by atoms with van der Waals surface area (Å²) in [5.41, 5.74) is 0. The molecule has 37 heavy (non-hydrogen) atoms. The topological polar surface area (TPSA) is 9.23 Å². The van der Waals surface area contributed by atoms with E-state index >= 15 is 0 Å². The van der Waals surface area contributed by atoms with Gasteiger partial charge in [0.2, 0.25) is 0 Å². The second-order valence-electron chi connectivity index (χ2n) is 11.6. The van der Waals surface area contributed by atoms with E-state index in [0.29, 0.717) is 12.2 Å². The SMILES string of the molecule is CCCCCCCC/C=C\CCCC(CCCC)OC(CCCC)CCC/C=C\CCCCCCCC. The zero-order valence-electron chi connectivity index (χ0n) is 26.3. The Kier molecular flexibility index (Phi) is 31.2. The molecule has 2 atom stereocenters. The fraction of sp³-hybridized carbons (Fsp3) is 0.889. The minimum Gasteiger partial charge on any atom is -0.375 e. The van der Waals surface area contributed by atoms with Gasteiger partial charge in [0.25, 0.3) is 0 Å². The summed E-state index contributed by atoms with van der Waals surface area (Å²) >= 11 is 0. The Morgan fingerprint density at radius 3 is 1.03 bits per heavy atom. The molecule has 0 fully saturated rings. The molecule has 0 rings (SSSR count). The first-order chi connectivity index (χ1) is 18.3. The molecule has 2 unspecified atom stereocenters. The van der Waals surface area contributed by atoms with Crippen LogP contribution in [0.15, 0.2) is 24.3 Å². The smallest absolute Gasteiger partial charge is 0.0579 e. The van der Waals surface area contributed by atoms with Gasteiger partial charge in [-0.1, -0.05) is 142 Å². The summed E-state index contributed by atoms with van der Waals surface area (Å²) in [6.07, 6.45) is 45.2. The largest absolute Gasteiger partial charge is 0.375 e. The van der Waals surface area contributed by atoms with Crippen LogP contribution in [-0.2, 0) is 4.74 Å². The Morgan fingerprint density at radius 2 is 0.649 bits per heavy atom. The minimum absolute atomic E-state index is 0.469. The summed E-state index contributed by atoms with van der Waals surface area (Å²) in [5.74, 6) is 0. The van der Waals surface area contributed by atoms with Crippen molar-refractivity contribution in [2.75, 3.05) is 0 Å². The van der Waals surface area contributed by atoms with E-state index < -0.39 is 0 Å². The molecular formula is C36H70O. The lowest BCUT2D eigenvalue weighted by molar-refractivity contribution is -0.0313. The Bertz CT molecular complexity index is 423. The summed E-state index contributed by atoms with van der Waals surface area (Å²) in [7, 11) is 0. The van der Waals surface area contributed by atoms with Crippen LogP contribution in [0.2, 0.25) is 0 Å². The first-order valence-electron chi connectivity index (χ1n) is 17.2. The molecule has 220 valence electrons. The fourth-order valence-electron chi connectivity index (χ4n) is 5.18. The van der Waals surface area contributed by atoms with Crippen LogP contribution in [0.3, 0.4) is 0 Å². The van der Waals surface area contributed by atoms with E-state index in [-0.39, 0.29) is 0 Å². The van der Waals surface area contributed by atoms with Crippen molar-refractivity contribution in [1.82, 2.24) is 0 Å². The van der Waals surface area contributed by atoms with E-state index in [9.17, 15) is 0 Å². The van der Waals surface area contributed by atoms with Crippen molar-refractivity contribution >= 4 is 0 Å². The van der Waals surface area contributed by atoms with Crippen LogP contribution in [0.4, 0.5) is 0 Å². The van der Waals surface area contributed by atoms with Crippen LogP contribution in [0.1, 0.15) is 195 Å². The third-order valence-electron chi connectivity index (χ3n) is 7.72. The van der Waals surface area contributed by atoms with Gasteiger partial charge < -0.3 is 4.74 Å². The molecule has 1 heteroatoms. The van der Waals surface area contributed by atoms with Crippen LogP contribution >= 0.6 is 0 Å². The van der Waals surface area contributed by atoms with Gasteiger partial charge in [0.05, 0.1) is 12.2 Å². The summed E-state index contributed by atoms with van der Waals surface area (Å²) in [6.45, 7) is 9.22. The highest BCUT2D eigenvalue weighted by Gasteiger charge is 2.16. The predicted octanol–water partition coefficient (Wildman–Crippen LogP) is 13.1. The molecule has 0 aliphatic heterocycles. The zero-order valence-corrected chi connectivity index (χ0v) is 26.3. The van der Waals surface area contributed by atoms with E-state index in [0.717, 1.165) is 0 Å². The Labute approximate surface area is 235 Å². The molecule has 0 spiro atoms. The predicted molar refractivity (Wildman–Crippen MR) is 170 cm³/mol. The van der Waals surface area contributed by atoms with Gasteiger partial charge in [-0.25, -0.2) is 0 Å². The van der Waals surface area contributed by atoms with E-state index in [4.69, 9.17) is 4.74 Å². The Balaban J connectivity index is 4.19. The molecule has 0 aromatic heterocycles. The van der Waals surface area contributed by atoms with E-state index in [1.807, 2.05) is 0 Å². The maximum atomic E-state index is 6.79. The van der Waals surface area contributed by atoms with Crippen molar-refractivity contribution in [3.63, 3.8) is 0 Å². The van der Waals surface area contributed by atoms with Gasteiger partial charge in [-0.05, 0) is 77.0 Å². The van der Waals surface area contributed by atoms with Gasteiger partial charge in [0.1, 0.15) is 0 Å². The van der Waals surface area contributed by atoms with Gasteiger partial charge in [-0.15, -0.1) is 0 Å². The van der Waals surface area contributed by atoms with E-state index in [2.05, 4.69) is 52.0 Å². The lowest BCUT2D eigenvalue weighted by atomic mass is 10.0. The van der Waals surface area contributed by atoms with E-state index in [1.54, 1.807) is 0 Å². The highest BCUT2D eigenvalue weighted by molar-refractivity contribution is 4.83. The van der Waals surface area contributed by atoms with Crippen LogP contribution < -0.4 is 0 Å². The number of hydrogen-bond acceptors (Lipinski definition) is 1. The fourth-order valence-corrected chi connectivity index (χ4v) is 5.18. The quantitative estimate of drug-likeness (QED) is 0.0678. The molecule has 0 radical (unpaired) electrons. The molecule has 0 aliphatic carbocycles. The zero-order chi connectivity index (χ0) is 27.1. The van der Waals surface area contributed by atoms with Gasteiger partial charge in [-0.2, -0.15) is 0 Å². The molecule has 0 bridgehead atoms. The van der Waals surface area contributed by atoms with Crippen LogP contribution in [-0.4, -0.2) is 12.2 Å². The molecule has 1 nitrogen and oxygen atoms in total. The average molecular weight is 519 g/mol. The van der Waals surface area contributed by atoms with Gasteiger partial charge in [0.15, 0.2) is 0 Å². The number of hydrogen-bond donors (Lipinski definition) is 0. The number of allylic oxidation sites excluding steroid dienone is 4. The Morgan fingerprint density at radius 1 is 0.351 bits per heavy atom. The lowest BCUT2D eigenvalue weighted by Gasteiger charge is -2.25. The number of rotatable bonds is 30. The van der Waals surface area contributed by atoms with Gasteiger partial charge in [0, 0.05) is 0 Å². The normalized spacial score (nSPS) is 13.7. The van der Waals surface area contributed by atoms with Crippen LogP contribution in [0.5, 0.6) is 0 Å². The molecular weight excluding hydrogens is 448 g/mol. The first-order valence-corrected chi connectivity index (χ1v) is 17.2. The van der Waals surface area contributed by atoms with E-state index in [1.165, 1.54) is 167 Å². The minimum atomic E-state index is 0.469. The molecule has 0 amide bonds. The van der Waals surface area contributed by atoms with Crippen molar-refractivity contribution in [2.45, 2.75) is 207 Å². The Hall–Kier alpha value is -0.560. The first kappa shape index (κ1) is 36.4. The third-order valence-corrected chi connectivity index (χ3v) is 7.72. The summed E-state index contributed by atoms with van der Waals surface area (Å²) in [4.78, 5) is 0. The highest BCUT2D eigenvalue weighted by atomic mass is 16.5. The lowest BCUT2D eigenvalue weighted by Crippen LogP contribution is -2.22. The molecule has 0 heterocycles. The average Bonchev–Trinajstić information content (AvgIpc) is 2.91. The van der Waals surface area contributed by atoms with Gasteiger partial charge in [-0.3, -0.25) is 0 Å². The second kappa shape index (κ2) is 31.7. The third kappa shape index (κ3) is 28.3. The standard InChI is InChI=1S/C36H70O/c1-5-9-13-15-17-19-21-23-25-27-29-33-35(31-11-7-3)37-36(32-12-8-4)34-30-28-26-24-22-20-18-16-14-10-6-2/h23-26,35-36H,5-22,27-34H2,1-4H3/b25-23-,26-24-. The summed E-state index contributed by atoms with van der Waals surface area (Å²) in [6, 6.07) is 0. The monoisotopic (exact) mass is 519 g/mol. The molecule has 0 N–H and O–H groups in total. The second-order valence-corrected chi connectivity index (χ2v) is 11.6. The maximum Gasteiger partial charge on any atom is 0.0579 e. The number of unbranched alkanes of at least 4 members (excludes halogenated alkanes) is 16. The highest BCUT2D eigenvalue weighted by Crippen LogP contribution is 2.21.